The number of nitrogens with one attached hydrogen (secondary N) is 4. The fourth-order valence-electron chi connectivity index (χ4n) is 7.10. The van der Waals surface area contributed by atoms with Crippen LogP contribution in [0.1, 0.15) is 118 Å². The van der Waals surface area contributed by atoms with E-state index in [1.807, 2.05) is 56.3 Å². The third-order valence-corrected chi connectivity index (χ3v) is 9.76. The Hall–Kier alpha value is -5.21. The van der Waals surface area contributed by atoms with E-state index in [2.05, 4.69) is 16.7 Å². The second-order valence-electron chi connectivity index (χ2n) is 13.7. The number of aromatic nitrogens is 2. The van der Waals surface area contributed by atoms with Crippen LogP contribution in [0, 0.1) is 6.92 Å². The van der Waals surface area contributed by atoms with Crippen molar-refractivity contribution in [1.82, 2.24) is 20.6 Å². The molecule has 54 heavy (non-hydrogen) atoms. The maximum atomic E-state index is 13.2. The molecule has 0 bridgehead atoms. The number of aliphatic hydroxyl groups is 1. The Labute approximate surface area is 306 Å². The van der Waals surface area contributed by atoms with Crippen LogP contribution in [0.15, 0.2) is 81.4 Å². The highest BCUT2D eigenvalue weighted by atomic mass is 19.4. The number of alkyl halides is 6. The van der Waals surface area contributed by atoms with E-state index in [-0.39, 0.29) is 5.56 Å². The number of hydrogen-bond donors (Lipinski definition) is 5. The lowest BCUT2D eigenvalue weighted by molar-refractivity contribution is -0.142. The Kier molecular flexibility index (Phi) is 10.9. The molecule has 0 fully saturated rings. The molecule has 0 saturated carbocycles. The Morgan fingerprint density at radius 3 is 2.07 bits per heavy atom. The zero-order chi connectivity index (χ0) is 38.9. The van der Waals surface area contributed by atoms with Gasteiger partial charge in [0.05, 0.1) is 17.6 Å². The number of aliphatic hydroxyl groups excluding tert-OH is 1. The van der Waals surface area contributed by atoms with Crippen molar-refractivity contribution in [2.45, 2.75) is 83.0 Å². The molecule has 1 amide bonds. The molecule has 5 N–H and O–H groups in total. The van der Waals surface area contributed by atoms with Gasteiger partial charge in [0.15, 0.2) is 0 Å². The summed E-state index contributed by atoms with van der Waals surface area (Å²) < 4.78 is 78.3. The molecule has 2 aliphatic rings. The predicted molar refractivity (Wildman–Crippen MR) is 191 cm³/mol. The molecule has 3 atom stereocenters. The summed E-state index contributed by atoms with van der Waals surface area (Å²) in [6, 6.07) is 14.0. The average molecular weight is 753 g/mol. The van der Waals surface area contributed by atoms with Gasteiger partial charge in [0, 0.05) is 0 Å². The lowest BCUT2D eigenvalue weighted by Gasteiger charge is -2.23. The van der Waals surface area contributed by atoms with Gasteiger partial charge < -0.3 is 20.4 Å². The van der Waals surface area contributed by atoms with Crippen LogP contribution < -0.4 is 21.8 Å². The van der Waals surface area contributed by atoms with Gasteiger partial charge in [-0.2, -0.15) is 26.3 Å². The number of carbonyl (C=O) groups excluding carboxylic acids is 1. The van der Waals surface area contributed by atoms with Crippen molar-refractivity contribution >= 4 is 18.1 Å². The van der Waals surface area contributed by atoms with Gasteiger partial charge in [-0.25, -0.2) is 0 Å². The number of halogens is 6. The van der Waals surface area contributed by atoms with Crippen molar-refractivity contribution < 1.29 is 36.2 Å². The molecule has 8 nitrogen and oxygen atoms in total. The van der Waals surface area contributed by atoms with Crippen molar-refractivity contribution in [1.29, 1.82) is 0 Å². The van der Waals surface area contributed by atoms with E-state index in [1.165, 1.54) is 0 Å². The summed E-state index contributed by atoms with van der Waals surface area (Å²) in [5.74, 6) is -0.782. The highest BCUT2D eigenvalue weighted by Gasteiger charge is 2.35. The summed E-state index contributed by atoms with van der Waals surface area (Å²) in [5.41, 5.74) is 2.22. The first-order chi connectivity index (χ1) is 25.5. The van der Waals surface area contributed by atoms with Crippen LogP contribution >= 0.6 is 0 Å². The van der Waals surface area contributed by atoms with Gasteiger partial charge in [-0.1, -0.05) is 67.5 Å². The molecule has 2 aliphatic carbocycles. The van der Waals surface area contributed by atoms with Gasteiger partial charge in [-0.05, 0) is 102 Å². The molecule has 14 heteroatoms. The standard InChI is InChI=1S/C40H38F6N4O4/c1-3-6-24-20-26-18-22(10-12-27(26)33(24)49-37(53)28-13-15-31(39(41,42)43)47-35(28)51)7-4-5-8-25-19-23-11-9-21(2)17-30(23)34(25)50-38(54)29-14-16-32(40(44,45)46)48-36(29)52/h9-20,33-34,37,49,53H,3-8H2,1-2H3,(H,47,51)(H,48,52)(H,50,54). The van der Waals surface area contributed by atoms with E-state index in [1.54, 1.807) is 9.97 Å². The van der Waals surface area contributed by atoms with Gasteiger partial charge in [-0.15, -0.1) is 0 Å². The number of hydrogen-bond acceptors (Lipinski definition) is 5. The molecule has 0 saturated heterocycles. The average Bonchev–Trinajstić information content (AvgIpc) is 3.61. The molecule has 6 rings (SSSR count). The zero-order valence-electron chi connectivity index (χ0n) is 29.3. The Morgan fingerprint density at radius 2 is 1.41 bits per heavy atom. The number of benzene rings is 2. The second-order valence-corrected chi connectivity index (χ2v) is 13.7. The molecular weight excluding hydrogens is 714 g/mol. The van der Waals surface area contributed by atoms with E-state index < -0.39 is 64.6 Å². The Morgan fingerprint density at radius 1 is 0.759 bits per heavy atom. The maximum absolute atomic E-state index is 13.2. The number of aromatic amines is 2. The topological polar surface area (TPSA) is 127 Å². The smallest absolute Gasteiger partial charge is 0.374 e. The molecule has 284 valence electrons. The lowest BCUT2D eigenvalue weighted by Crippen LogP contribution is -2.33. The van der Waals surface area contributed by atoms with E-state index in [0.29, 0.717) is 18.9 Å². The number of unbranched alkanes of at least 4 members (excludes halogenated alkanes) is 1. The van der Waals surface area contributed by atoms with Crippen LogP contribution in [-0.2, 0) is 18.8 Å². The monoisotopic (exact) mass is 752 g/mol. The van der Waals surface area contributed by atoms with Gasteiger partial charge in [0.2, 0.25) is 0 Å². The summed E-state index contributed by atoms with van der Waals surface area (Å²) in [6.07, 6.45) is -2.60. The minimum atomic E-state index is -4.76. The number of rotatable bonds is 12. The van der Waals surface area contributed by atoms with E-state index in [0.717, 1.165) is 88.4 Å². The van der Waals surface area contributed by atoms with Gasteiger partial charge in [0.25, 0.3) is 17.0 Å². The van der Waals surface area contributed by atoms with Crippen LogP contribution in [-0.4, -0.2) is 21.0 Å². The second kappa shape index (κ2) is 15.3. The van der Waals surface area contributed by atoms with Crippen molar-refractivity contribution in [3.63, 3.8) is 0 Å². The SMILES string of the molecule is CCCC1=Cc2cc(CCCCC3=Cc4ccc(C)cc4C3NC(=O)c3ccc(C(F)(F)F)[nH]c3=O)ccc2C1NC(O)c1ccc(C(F)(F)F)[nH]c1=O. The molecule has 0 radical (unpaired) electrons. The lowest BCUT2D eigenvalue weighted by atomic mass is 9.96. The first-order valence-electron chi connectivity index (χ1n) is 17.5. The molecule has 0 spiro atoms. The summed E-state index contributed by atoms with van der Waals surface area (Å²) in [4.78, 5) is 41.6. The zero-order valence-corrected chi connectivity index (χ0v) is 29.3. The van der Waals surface area contributed by atoms with Crippen LogP contribution in [0.4, 0.5) is 26.3 Å². The highest BCUT2D eigenvalue weighted by molar-refractivity contribution is 5.94. The predicted octanol–water partition coefficient (Wildman–Crippen LogP) is 8.21. The van der Waals surface area contributed by atoms with Crippen molar-refractivity contribution in [2.24, 2.45) is 0 Å². The molecular formula is C40H38F6N4O4. The summed E-state index contributed by atoms with van der Waals surface area (Å²) in [6.45, 7) is 3.92. The number of aryl methyl sites for hydroxylation is 2. The molecule has 2 aromatic carbocycles. The molecule has 0 aliphatic heterocycles. The Bertz CT molecular complexity index is 2250. The molecule has 2 heterocycles. The van der Waals surface area contributed by atoms with Crippen molar-refractivity contribution in [2.75, 3.05) is 0 Å². The van der Waals surface area contributed by atoms with Crippen LogP contribution in [0.3, 0.4) is 0 Å². The minimum Gasteiger partial charge on any atom is -0.374 e. The van der Waals surface area contributed by atoms with Crippen molar-refractivity contribution in [3.05, 3.63) is 148 Å². The van der Waals surface area contributed by atoms with E-state index in [4.69, 9.17) is 0 Å². The fourth-order valence-corrected chi connectivity index (χ4v) is 7.10. The largest absolute Gasteiger partial charge is 0.431 e. The number of amides is 1. The molecule has 4 aromatic rings. The summed E-state index contributed by atoms with van der Waals surface area (Å²) >= 11 is 0. The fraction of sp³-hybridized carbons (Fsp3) is 0.325. The third kappa shape index (κ3) is 8.29. The van der Waals surface area contributed by atoms with Gasteiger partial charge in [0.1, 0.15) is 23.2 Å². The quantitative estimate of drug-likeness (QED) is 0.0567. The maximum Gasteiger partial charge on any atom is 0.431 e. The summed E-state index contributed by atoms with van der Waals surface area (Å²) in [7, 11) is 0. The van der Waals surface area contributed by atoms with Crippen LogP contribution in [0.2, 0.25) is 0 Å². The van der Waals surface area contributed by atoms with Crippen LogP contribution in [0.25, 0.3) is 12.2 Å². The van der Waals surface area contributed by atoms with E-state index in [9.17, 15) is 45.8 Å². The Balaban J connectivity index is 1.11. The van der Waals surface area contributed by atoms with Crippen molar-refractivity contribution in [3.8, 4) is 0 Å². The number of carbonyl (C=O) groups is 1. The summed E-state index contributed by atoms with van der Waals surface area (Å²) in [5, 5.41) is 16.8. The molecule has 3 unspecified atom stereocenters. The molecule has 2 aromatic heterocycles. The minimum absolute atomic E-state index is 0.227. The number of pyridine rings is 2. The van der Waals surface area contributed by atoms with Gasteiger partial charge in [-0.3, -0.25) is 19.7 Å². The van der Waals surface area contributed by atoms with E-state index >= 15 is 0 Å². The number of H-pyrrole nitrogens is 2. The third-order valence-electron chi connectivity index (χ3n) is 9.76. The normalized spacial score (nSPS) is 17.1. The highest BCUT2D eigenvalue weighted by Crippen LogP contribution is 2.40. The van der Waals surface area contributed by atoms with Crippen LogP contribution in [0.5, 0.6) is 0 Å². The first kappa shape index (κ1) is 38.5. The number of fused-ring (bicyclic) bond motifs is 2. The van der Waals surface area contributed by atoms with Gasteiger partial charge >= 0.3 is 12.4 Å². The first-order valence-corrected chi connectivity index (χ1v) is 17.5.